The summed E-state index contributed by atoms with van der Waals surface area (Å²) in [5.74, 6) is 1.24. The Balaban J connectivity index is 2.02. The van der Waals surface area contributed by atoms with Crippen molar-refractivity contribution in [2.24, 2.45) is 4.99 Å². The van der Waals surface area contributed by atoms with Crippen molar-refractivity contribution in [2.45, 2.75) is 5.75 Å². The highest BCUT2D eigenvalue weighted by atomic mass is 32.2. The van der Waals surface area contributed by atoms with Gasteiger partial charge >= 0.3 is 5.17 Å². The molecule has 1 aliphatic rings. The van der Waals surface area contributed by atoms with E-state index in [9.17, 15) is 4.39 Å². The largest absolute Gasteiger partial charge is 0.327 e. The van der Waals surface area contributed by atoms with Gasteiger partial charge in [0.1, 0.15) is 11.5 Å². The van der Waals surface area contributed by atoms with Crippen molar-refractivity contribution in [3.63, 3.8) is 0 Å². The second kappa shape index (κ2) is 4.94. The van der Waals surface area contributed by atoms with E-state index in [0.29, 0.717) is 0 Å². The minimum absolute atomic E-state index is 0.0686. The number of pyridine rings is 1. The molecule has 1 aromatic heterocycles. The molecule has 2 heterocycles. The lowest BCUT2D eigenvalue weighted by molar-refractivity contribution is 0.583. The molecule has 0 spiro atoms. The lowest BCUT2D eigenvalue weighted by atomic mass is 10.3. The maximum absolute atomic E-state index is 12.6. The SMILES string of the molecule is N#CNC1=NCC[S+]1Cc1ccc(F)nc1. The van der Waals surface area contributed by atoms with Crippen LogP contribution in [0.25, 0.3) is 0 Å². The summed E-state index contributed by atoms with van der Waals surface area (Å²) in [6.45, 7) is 0.752. The summed E-state index contributed by atoms with van der Waals surface area (Å²) in [6, 6.07) is 3.07. The Morgan fingerprint density at radius 3 is 3.12 bits per heavy atom. The Hall–Kier alpha value is -1.61. The van der Waals surface area contributed by atoms with Crippen LogP contribution in [0.1, 0.15) is 5.56 Å². The average Bonchev–Trinajstić information content (AvgIpc) is 2.70. The molecule has 1 aliphatic heterocycles. The molecule has 0 bridgehead atoms. The molecule has 0 aromatic carbocycles. The van der Waals surface area contributed by atoms with Gasteiger partial charge in [0, 0.05) is 11.8 Å². The van der Waals surface area contributed by atoms with Gasteiger partial charge in [-0.2, -0.15) is 9.65 Å². The molecule has 1 aromatic rings. The molecule has 16 heavy (non-hydrogen) atoms. The molecule has 1 atom stereocenters. The number of hydrogen-bond donors (Lipinski definition) is 1. The maximum atomic E-state index is 12.6. The van der Waals surface area contributed by atoms with Gasteiger partial charge < -0.3 is 0 Å². The van der Waals surface area contributed by atoms with Crippen LogP contribution in [0.2, 0.25) is 0 Å². The van der Waals surface area contributed by atoms with Crippen LogP contribution in [0.3, 0.4) is 0 Å². The number of nitriles is 1. The summed E-state index contributed by atoms with van der Waals surface area (Å²) in [7, 11) is -0.0686. The molecule has 1 N–H and O–H groups in total. The predicted molar refractivity (Wildman–Crippen MR) is 61.2 cm³/mol. The van der Waals surface area contributed by atoms with Gasteiger partial charge in [-0.05, 0) is 12.1 Å². The van der Waals surface area contributed by atoms with Crippen LogP contribution in [0, 0.1) is 17.4 Å². The van der Waals surface area contributed by atoms with Crippen molar-refractivity contribution >= 4 is 16.1 Å². The first-order valence-corrected chi connectivity index (χ1v) is 6.33. The molecule has 6 heteroatoms. The number of nitrogens with zero attached hydrogens (tertiary/aromatic N) is 3. The van der Waals surface area contributed by atoms with Crippen LogP contribution in [0.4, 0.5) is 4.39 Å². The molecular formula is C10H10FN4S+. The molecule has 0 saturated heterocycles. The van der Waals surface area contributed by atoms with Crippen LogP contribution in [0.15, 0.2) is 23.3 Å². The number of nitrogens with one attached hydrogen (secondary N) is 1. The first kappa shape index (κ1) is 10.9. The molecule has 0 aliphatic carbocycles. The monoisotopic (exact) mass is 237 g/mol. The molecule has 0 saturated carbocycles. The molecule has 1 unspecified atom stereocenters. The van der Waals surface area contributed by atoms with Crippen LogP contribution in [0.5, 0.6) is 0 Å². The van der Waals surface area contributed by atoms with E-state index in [1.165, 1.54) is 12.3 Å². The van der Waals surface area contributed by atoms with E-state index in [1.807, 2.05) is 6.19 Å². The summed E-state index contributed by atoms with van der Waals surface area (Å²) >= 11 is 0. The summed E-state index contributed by atoms with van der Waals surface area (Å²) in [4.78, 5) is 7.83. The Labute approximate surface area is 95.6 Å². The number of halogens is 1. The van der Waals surface area contributed by atoms with Crippen LogP contribution >= 0.6 is 0 Å². The van der Waals surface area contributed by atoms with Gasteiger partial charge in [0.2, 0.25) is 5.95 Å². The summed E-state index contributed by atoms with van der Waals surface area (Å²) < 4.78 is 12.6. The van der Waals surface area contributed by atoms with Crippen molar-refractivity contribution in [1.29, 1.82) is 5.26 Å². The lowest BCUT2D eigenvalue weighted by Crippen LogP contribution is -2.27. The topological polar surface area (TPSA) is 61.1 Å². The highest BCUT2D eigenvalue weighted by molar-refractivity contribution is 8.10. The normalized spacial score (nSPS) is 19.0. The van der Waals surface area contributed by atoms with Crippen molar-refractivity contribution in [3.8, 4) is 6.19 Å². The van der Waals surface area contributed by atoms with Gasteiger partial charge in [0.05, 0.1) is 17.4 Å². The molecule has 82 valence electrons. The van der Waals surface area contributed by atoms with E-state index in [2.05, 4.69) is 15.3 Å². The standard InChI is InChI=1S/C10H10FN4S/c11-9-2-1-8(5-14-9)6-16-4-3-13-10(16)15-7-12/h1-2,5H,3-4,6H2,(H,13,15)/q+1. The Kier molecular flexibility index (Phi) is 3.37. The van der Waals surface area contributed by atoms with Gasteiger partial charge in [-0.3, -0.25) is 0 Å². The number of aromatic nitrogens is 1. The van der Waals surface area contributed by atoms with Gasteiger partial charge in [0.15, 0.2) is 6.19 Å². The van der Waals surface area contributed by atoms with Crippen LogP contribution in [-0.2, 0) is 16.6 Å². The molecule has 4 nitrogen and oxygen atoms in total. The molecule has 2 rings (SSSR count). The molecule has 0 radical (unpaired) electrons. The average molecular weight is 237 g/mol. The third kappa shape index (κ3) is 2.49. The third-order valence-corrected chi connectivity index (χ3v) is 4.29. The number of hydrogen-bond acceptors (Lipinski definition) is 4. The smallest absolute Gasteiger partial charge is 0.236 e. The van der Waals surface area contributed by atoms with Gasteiger partial charge in [-0.15, -0.1) is 0 Å². The van der Waals surface area contributed by atoms with Crippen molar-refractivity contribution in [1.82, 2.24) is 10.3 Å². The van der Waals surface area contributed by atoms with E-state index in [1.54, 1.807) is 6.07 Å². The summed E-state index contributed by atoms with van der Waals surface area (Å²) in [5.41, 5.74) is 0.971. The number of rotatable bonds is 2. The van der Waals surface area contributed by atoms with E-state index in [0.717, 1.165) is 28.8 Å². The van der Waals surface area contributed by atoms with Crippen molar-refractivity contribution in [2.75, 3.05) is 12.3 Å². The minimum atomic E-state index is -0.470. The van der Waals surface area contributed by atoms with E-state index in [4.69, 9.17) is 5.26 Å². The van der Waals surface area contributed by atoms with Gasteiger partial charge in [0.25, 0.3) is 0 Å². The third-order valence-electron chi connectivity index (χ3n) is 2.16. The van der Waals surface area contributed by atoms with Crippen LogP contribution in [-0.4, -0.2) is 22.4 Å². The zero-order valence-corrected chi connectivity index (χ0v) is 9.30. The highest BCUT2D eigenvalue weighted by Crippen LogP contribution is 2.13. The zero-order chi connectivity index (χ0) is 11.4. The van der Waals surface area contributed by atoms with Gasteiger partial charge in [-0.25, -0.2) is 15.3 Å². The number of aliphatic imine (C=N–C) groups is 1. The highest BCUT2D eigenvalue weighted by Gasteiger charge is 2.31. The summed E-state index contributed by atoms with van der Waals surface area (Å²) in [5, 5.41) is 11.9. The van der Waals surface area contributed by atoms with E-state index < -0.39 is 5.95 Å². The van der Waals surface area contributed by atoms with E-state index >= 15 is 0 Å². The Bertz CT molecular complexity index is 437. The second-order valence-electron chi connectivity index (χ2n) is 3.25. The first-order valence-electron chi connectivity index (χ1n) is 4.77. The van der Waals surface area contributed by atoms with Crippen molar-refractivity contribution in [3.05, 3.63) is 29.8 Å². The molecule has 0 amide bonds. The number of amidine groups is 1. The lowest BCUT2D eigenvalue weighted by Gasteiger charge is -2.01. The van der Waals surface area contributed by atoms with Gasteiger partial charge in [-0.1, -0.05) is 0 Å². The van der Waals surface area contributed by atoms with Crippen LogP contribution < -0.4 is 5.32 Å². The summed E-state index contributed by atoms with van der Waals surface area (Å²) in [6.07, 6.45) is 3.42. The molecular weight excluding hydrogens is 227 g/mol. The quantitative estimate of drug-likeness (QED) is 0.358. The Morgan fingerprint density at radius 1 is 1.56 bits per heavy atom. The predicted octanol–water partition coefficient (Wildman–Crippen LogP) is 0.779. The fraction of sp³-hybridized carbons (Fsp3) is 0.300. The fourth-order valence-corrected chi connectivity index (χ4v) is 3.26. The minimum Gasteiger partial charge on any atom is -0.236 e. The fourth-order valence-electron chi connectivity index (χ4n) is 1.44. The van der Waals surface area contributed by atoms with E-state index in [-0.39, 0.29) is 10.9 Å². The van der Waals surface area contributed by atoms with Crippen molar-refractivity contribution < 1.29 is 4.39 Å². The zero-order valence-electron chi connectivity index (χ0n) is 8.48. The first-order chi connectivity index (χ1) is 7.79. The second-order valence-corrected chi connectivity index (χ2v) is 5.32. The maximum Gasteiger partial charge on any atom is 0.327 e. The molecule has 0 fully saturated rings. The Morgan fingerprint density at radius 2 is 2.44 bits per heavy atom.